The first-order chi connectivity index (χ1) is 8.75. The largest absolute Gasteiger partial charge is 0.478 e. The Labute approximate surface area is 117 Å². The molecule has 0 saturated heterocycles. The van der Waals surface area contributed by atoms with E-state index in [0.717, 1.165) is 22.4 Å². The molecule has 0 aromatic heterocycles. The number of aliphatic carboxylic acids is 1. The first-order valence-corrected chi connectivity index (χ1v) is 5.73. The molecule has 0 fully saturated rings. The summed E-state index contributed by atoms with van der Waals surface area (Å²) in [7, 11) is 0. The Kier molecular flexibility index (Phi) is 3.67. The Morgan fingerprint density at radius 1 is 1.26 bits per heavy atom. The average molecular weight is 274 g/mol. The van der Waals surface area contributed by atoms with Gasteiger partial charge < -0.3 is 5.11 Å². The van der Waals surface area contributed by atoms with Crippen LogP contribution in [0.15, 0.2) is 58.8 Å². The van der Waals surface area contributed by atoms with Crippen LogP contribution in [-0.2, 0) is 4.79 Å². The van der Waals surface area contributed by atoms with Crippen molar-refractivity contribution in [1.82, 2.24) is 0 Å². The van der Waals surface area contributed by atoms with Gasteiger partial charge in [0, 0.05) is 18.2 Å². The molecule has 1 N–H and O–H groups in total. The molecule has 2 aliphatic rings. The molecule has 0 bridgehead atoms. The molecule has 3 rings (SSSR count). The lowest BCUT2D eigenvalue weighted by atomic mass is 9.93. The minimum atomic E-state index is -0.903. The fourth-order valence-corrected chi connectivity index (χ4v) is 2.20. The molecule has 19 heavy (non-hydrogen) atoms. The van der Waals surface area contributed by atoms with Gasteiger partial charge in [0.2, 0.25) is 0 Å². The maximum Gasteiger partial charge on any atom is 0.333 e. The van der Waals surface area contributed by atoms with E-state index in [-0.39, 0.29) is 12.4 Å². The monoisotopic (exact) mass is 273 g/mol. The molecule has 0 unspecified atom stereocenters. The van der Waals surface area contributed by atoms with Gasteiger partial charge in [0.25, 0.3) is 0 Å². The predicted molar refractivity (Wildman–Crippen MR) is 77.7 cm³/mol. The van der Waals surface area contributed by atoms with Crippen LogP contribution in [0.25, 0.3) is 6.08 Å². The topological polar surface area (TPSA) is 49.7 Å². The molecular weight excluding hydrogens is 262 g/mol. The van der Waals surface area contributed by atoms with Crippen molar-refractivity contribution in [2.75, 3.05) is 0 Å². The summed E-state index contributed by atoms with van der Waals surface area (Å²) in [6.07, 6.45) is 7.78. The Morgan fingerprint density at radius 3 is 2.84 bits per heavy atom. The molecule has 0 radical (unpaired) electrons. The summed E-state index contributed by atoms with van der Waals surface area (Å²) in [4.78, 5) is 15.3. The number of aliphatic imine (C=N–C) groups is 1. The van der Waals surface area contributed by atoms with Crippen LogP contribution in [-0.4, -0.2) is 16.8 Å². The molecule has 1 aromatic rings. The van der Waals surface area contributed by atoms with Crippen molar-refractivity contribution >= 4 is 30.2 Å². The highest BCUT2D eigenvalue weighted by atomic mass is 35.5. The highest BCUT2D eigenvalue weighted by Gasteiger charge is 2.21. The quantitative estimate of drug-likeness (QED) is 0.854. The fraction of sp³-hybridized carbons (Fsp3) is 0.0667. The van der Waals surface area contributed by atoms with Gasteiger partial charge >= 0.3 is 5.97 Å². The minimum absolute atomic E-state index is 0. The van der Waals surface area contributed by atoms with Crippen LogP contribution in [0.5, 0.6) is 0 Å². The van der Waals surface area contributed by atoms with E-state index in [4.69, 9.17) is 5.11 Å². The summed E-state index contributed by atoms with van der Waals surface area (Å²) in [5, 5.41) is 9.01. The summed E-state index contributed by atoms with van der Waals surface area (Å²) in [6.45, 7) is 0. The zero-order valence-electron chi connectivity index (χ0n) is 10.0. The number of carboxylic acids is 1. The minimum Gasteiger partial charge on any atom is -0.478 e. The van der Waals surface area contributed by atoms with Crippen LogP contribution in [0.4, 0.5) is 0 Å². The number of hydrogen-bond acceptors (Lipinski definition) is 2. The van der Waals surface area contributed by atoms with Gasteiger partial charge in [0.05, 0.1) is 11.3 Å². The number of nitrogens with zero attached hydrogens (tertiary/aromatic N) is 1. The summed E-state index contributed by atoms with van der Waals surface area (Å²) in [5.41, 5.74) is 4.32. The van der Waals surface area contributed by atoms with Gasteiger partial charge in [-0.05, 0) is 11.1 Å². The van der Waals surface area contributed by atoms with E-state index in [9.17, 15) is 4.79 Å². The zero-order valence-corrected chi connectivity index (χ0v) is 10.9. The van der Waals surface area contributed by atoms with Gasteiger partial charge in [0.15, 0.2) is 0 Å². The number of allylic oxidation sites excluding steroid dienone is 3. The van der Waals surface area contributed by atoms with Crippen molar-refractivity contribution in [1.29, 1.82) is 0 Å². The second-order valence-electron chi connectivity index (χ2n) is 4.25. The molecule has 1 aliphatic heterocycles. The van der Waals surface area contributed by atoms with E-state index < -0.39 is 5.97 Å². The Bertz CT molecular complexity index is 654. The van der Waals surface area contributed by atoms with E-state index in [1.807, 2.05) is 42.5 Å². The molecule has 96 valence electrons. The van der Waals surface area contributed by atoms with Crippen molar-refractivity contribution in [3.63, 3.8) is 0 Å². The van der Waals surface area contributed by atoms with Crippen LogP contribution in [0, 0.1) is 0 Å². The number of fused-ring (bicyclic) bond motifs is 3. The number of halogens is 1. The molecule has 0 spiro atoms. The molecule has 3 nitrogen and oxygen atoms in total. The third-order valence-corrected chi connectivity index (χ3v) is 3.10. The second kappa shape index (κ2) is 5.24. The zero-order chi connectivity index (χ0) is 12.5. The van der Waals surface area contributed by atoms with E-state index in [1.54, 1.807) is 0 Å². The number of carboxylic acid groups (broad SMARTS) is 1. The van der Waals surface area contributed by atoms with Crippen LogP contribution < -0.4 is 0 Å². The van der Waals surface area contributed by atoms with Crippen LogP contribution >= 0.6 is 12.4 Å². The lowest BCUT2D eigenvalue weighted by Crippen LogP contribution is -2.13. The van der Waals surface area contributed by atoms with E-state index in [2.05, 4.69) is 4.99 Å². The highest BCUT2D eigenvalue weighted by Crippen LogP contribution is 2.27. The molecule has 1 aliphatic carbocycles. The van der Waals surface area contributed by atoms with Gasteiger partial charge in [-0.2, -0.15) is 0 Å². The average Bonchev–Trinajstić information content (AvgIpc) is 2.57. The number of benzene rings is 1. The molecule has 0 atom stereocenters. The predicted octanol–water partition coefficient (Wildman–Crippen LogP) is 3.22. The van der Waals surface area contributed by atoms with Crippen LogP contribution in [0.2, 0.25) is 0 Å². The molecule has 4 heteroatoms. The lowest BCUT2D eigenvalue weighted by Gasteiger charge is -2.15. The Balaban J connectivity index is 0.00000133. The van der Waals surface area contributed by atoms with Crippen molar-refractivity contribution < 1.29 is 9.90 Å². The summed E-state index contributed by atoms with van der Waals surface area (Å²) < 4.78 is 0. The van der Waals surface area contributed by atoms with Gasteiger partial charge in [0.1, 0.15) is 0 Å². The smallest absolute Gasteiger partial charge is 0.333 e. The number of carbonyl (C=O) groups is 1. The molecule has 1 heterocycles. The van der Waals surface area contributed by atoms with Crippen LogP contribution in [0.1, 0.15) is 17.5 Å². The molecule has 0 amide bonds. The SMILES string of the molecule is Cl.O=C(O)C1=CN=C2C(=CC=Cc3ccccc32)C1. The highest BCUT2D eigenvalue weighted by molar-refractivity contribution is 6.17. The molecular formula is C15H12ClNO2. The summed E-state index contributed by atoms with van der Waals surface area (Å²) in [5.74, 6) is -0.903. The first kappa shape index (κ1) is 13.3. The van der Waals surface area contributed by atoms with Crippen molar-refractivity contribution in [3.05, 3.63) is 64.9 Å². The van der Waals surface area contributed by atoms with Crippen molar-refractivity contribution in [2.45, 2.75) is 6.42 Å². The van der Waals surface area contributed by atoms with E-state index in [1.165, 1.54) is 6.20 Å². The second-order valence-corrected chi connectivity index (χ2v) is 4.25. The summed E-state index contributed by atoms with van der Waals surface area (Å²) in [6, 6.07) is 7.99. The van der Waals surface area contributed by atoms with Gasteiger partial charge in [-0.1, -0.05) is 42.5 Å². The number of rotatable bonds is 1. The van der Waals surface area contributed by atoms with Crippen molar-refractivity contribution in [3.8, 4) is 0 Å². The fourth-order valence-electron chi connectivity index (χ4n) is 2.20. The lowest BCUT2D eigenvalue weighted by molar-refractivity contribution is -0.132. The Morgan fingerprint density at radius 2 is 2.05 bits per heavy atom. The maximum atomic E-state index is 11.0. The third-order valence-electron chi connectivity index (χ3n) is 3.10. The first-order valence-electron chi connectivity index (χ1n) is 5.73. The summed E-state index contributed by atoms with van der Waals surface area (Å²) >= 11 is 0. The maximum absolute atomic E-state index is 11.0. The van der Waals surface area contributed by atoms with Crippen LogP contribution in [0.3, 0.4) is 0 Å². The van der Waals surface area contributed by atoms with E-state index in [0.29, 0.717) is 12.0 Å². The van der Waals surface area contributed by atoms with Crippen molar-refractivity contribution in [2.24, 2.45) is 4.99 Å². The third kappa shape index (κ3) is 2.37. The molecule has 0 saturated carbocycles. The van der Waals surface area contributed by atoms with E-state index >= 15 is 0 Å². The standard InChI is InChI=1S/C15H11NO2.ClH/c17-15(18)12-8-11-6-3-5-10-4-1-2-7-13(10)14(11)16-9-12;/h1-7,9H,8H2,(H,17,18);1H. The normalized spacial score (nSPS) is 15.9. The number of hydrogen-bond donors (Lipinski definition) is 1. The van der Waals surface area contributed by atoms with Gasteiger partial charge in [-0.25, -0.2) is 4.79 Å². The van der Waals surface area contributed by atoms with Gasteiger partial charge in [-0.15, -0.1) is 12.4 Å². The Hall–Kier alpha value is -2.13. The van der Waals surface area contributed by atoms with Gasteiger partial charge in [-0.3, -0.25) is 4.99 Å². The molecule has 1 aromatic carbocycles.